The SMILES string of the molecule is CC.CCC.CCC(C)C.CCCCc1ccc(OCc2cccc3ccccc23)cc1. The molecule has 0 fully saturated rings. The summed E-state index contributed by atoms with van der Waals surface area (Å²) < 4.78 is 5.96. The highest BCUT2D eigenvalue weighted by Gasteiger charge is 2.02. The van der Waals surface area contributed by atoms with Crippen LogP contribution < -0.4 is 4.74 Å². The molecule has 0 saturated heterocycles. The van der Waals surface area contributed by atoms with E-state index in [1.165, 1.54) is 47.6 Å². The van der Waals surface area contributed by atoms with E-state index in [0.29, 0.717) is 6.61 Å². The van der Waals surface area contributed by atoms with Gasteiger partial charge < -0.3 is 4.74 Å². The fourth-order valence-corrected chi connectivity index (χ4v) is 2.71. The van der Waals surface area contributed by atoms with Crippen LogP contribution >= 0.6 is 0 Å². The van der Waals surface area contributed by atoms with Crippen molar-refractivity contribution in [3.05, 3.63) is 77.9 Å². The first-order chi connectivity index (χ1) is 15.5. The molecule has 0 aliphatic rings. The predicted molar refractivity (Wildman–Crippen MR) is 146 cm³/mol. The molecule has 3 aromatic rings. The molecule has 0 aliphatic heterocycles. The van der Waals surface area contributed by atoms with Crippen molar-refractivity contribution in [3.63, 3.8) is 0 Å². The normalized spacial score (nSPS) is 9.66. The minimum absolute atomic E-state index is 0.607. The van der Waals surface area contributed by atoms with Crippen molar-refractivity contribution in [3.8, 4) is 5.75 Å². The van der Waals surface area contributed by atoms with Crippen molar-refractivity contribution >= 4 is 10.8 Å². The summed E-state index contributed by atoms with van der Waals surface area (Å²) in [6, 6.07) is 23.3. The summed E-state index contributed by atoms with van der Waals surface area (Å²) >= 11 is 0. The monoisotopic (exact) mass is 436 g/mol. The fourth-order valence-electron chi connectivity index (χ4n) is 2.71. The first-order valence-electron chi connectivity index (χ1n) is 12.7. The average Bonchev–Trinajstić information content (AvgIpc) is 2.84. The maximum atomic E-state index is 5.96. The van der Waals surface area contributed by atoms with Gasteiger partial charge in [-0.15, -0.1) is 0 Å². The molecule has 0 bridgehead atoms. The van der Waals surface area contributed by atoms with E-state index in [1.54, 1.807) is 0 Å². The zero-order chi connectivity index (χ0) is 24.2. The van der Waals surface area contributed by atoms with Crippen LogP contribution in [-0.2, 0) is 13.0 Å². The lowest BCUT2D eigenvalue weighted by Gasteiger charge is -2.10. The molecular formula is C31H48O. The van der Waals surface area contributed by atoms with E-state index in [9.17, 15) is 0 Å². The van der Waals surface area contributed by atoms with Crippen LogP contribution in [0.15, 0.2) is 66.7 Å². The molecule has 3 aromatic carbocycles. The van der Waals surface area contributed by atoms with Crippen molar-refractivity contribution in [2.75, 3.05) is 0 Å². The summed E-state index contributed by atoms with van der Waals surface area (Å²) in [5.41, 5.74) is 2.62. The summed E-state index contributed by atoms with van der Waals surface area (Å²) in [7, 11) is 0. The highest BCUT2D eigenvalue weighted by Crippen LogP contribution is 2.21. The number of unbranched alkanes of at least 4 members (excludes halogenated alkanes) is 1. The molecule has 0 aliphatic carbocycles. The fraction of sp³-hybridized carbons (Fsp3) is 0.484. The standard InChI is InChI=1S/C21H22O.C5H12.C3H8.C2H6/c1-2-3-7-17-12-14-20(15-13-17)22-16-19-10-6-9-18-8-4-5-11-21(18)19;1-4-5(2)3;1-3-2;1-2/h4-6,8-15H,2-3,7,16H2,1H3;5H,4H2,1-3H3;3H2,1-2H3;1-2H3. The molecule has 0 spiro atoms. The van der Waals surface area contributed by atoms with Gasteiger partial charge in [0.25, 0.3) is 0 Å². The van der Waals surface area contributed by atoms with Crippen LogP contribution in [0, 0.1) is 5.92 Å². The molecule has 1 nitrogen and oxygen atoms in total. The van der Waals surface area contributed by atoms with Crippen molar-refractivity contribution in [2.24, 2.45) is 5.92 Å². The summed E-state index contributed by atoms with van der Waals surface area (Å²) in [6.07, 6.45) is 6.19. The molecule has 0 heterocycles. The molecule has 32 heavy (non-hydrogen) atoms. The van der Waals surface area contributed by atoms with Crippen LogP contribution in [-0.4, -0.2) is 0 Å². The minimum Gasteiger partial charge on any atom is -0.489 e. The van der Waals surface area contributed by atoms with Gasteiger partial charge in [-0.1, -0.05) is 129 Å². The zero-order valence-electron chi connectivity index (χ0n) is 22.1. The number of aryl methyl sites for hydroxylation is 1. The maximum Gasteiger partial charge on any atom is 0.119 e. The van der Waals surface area contributed by atoms with Crippen molar-refractivity contribution < 1.29 is 4.74 Å². The van der Waals surface area contributed by atoms with Crippen LogP contribution in [0.2, 0.25) is 0 Å². The van der Waals surface area contributed by atoms with Crippen LogP contribution in [0.25, 0.3) is 10.8 Å². The van der Waals surface area contributed by atoms with Gasteiger partial charge in [-0.25, -0.2) is 0 Å². The Labute approximate surface area is 199 Å². The third-order valence-electron chi connectivity index (χ3n) is 4.83. The van der Waals surface area contributed by atoms with Gasteiger partial charge in [0.1, 0.15) is 12.4 Å². The van der Waals surface area contributed by atoms with Crippen molar-refractivity contribution in [2.45, 2.75) is 94.1 Å². The van der Waals surface area contributed by atoms with E-state index in [0.717, 1.165) is 18.1 Å². The average molecular weight is 437 g/mol. The zero-order valence-corrected chi connectivity index (χ0v) is 22.1. The smallest absolute Gasteiger partial charge is 0.119 e. The molecule has 0 unspecified atom stereocenters. The minimum atomic E-state index is 0.607. The highest BCUT2D eigenvalue weighted by atomic mass is 16.5. The third-order valence-corrected chi connectivity index (χ3v) is 4.83. The second-order valence-electron chi connectivity index (χ2n) is 8.18. The van der Waals surface area contributed by atoms with E-state index >= 15 is 0 Å². The summed E-state index contributed by atoms with van der Waals surface area (Å²) in [5.74, 6) is 1.82. The van der Waals surface area contributed by atoms with Gasteiger partial charge >= 0.3 is 0 Å². The van der Waals surface area contributed by atoms with E-state index in [4.69, 9.17) is 4.74 Å². The maximum absolute atomic E-state index is 5.96. The molecule has 0 aromatic heterocycles. The summed E-state index contributed by atoms with van der Waals surface area (Å²) in [4.78, 5) is 0. The van der Waals surface area contributed by atoms with Gasteiger partial charge in [0.15, 0.2) is 0 Å². The number of hydrogen-bond acceptors (Lipinski definition) is 1. The lowest BCUT2D eigenvalue weighted by molar-refractivity contribution is 0.307. The number of benzene rings is 3. The number of ether oxygens (including phenoxy) is 1. The molecule has 3 rings (SSSR count). The second kappa shape index (κ2) is 19.4. The first kappa shape index (κ1) is 29.7. The van der Waals surface area contributed by atoms with Crippen LogP contribution in [0.3, 0.4) is 0 Å². The van der Waals surface area contributed by atoms with Crippen LogP contribution in [0.1, 0.15) is 92.2 Å². The van der Waals surface area contributed by atoms with Crippen molar-refractivity contribution in [1.29, 1.82) is 0 Å². The molecule has 0 saturated carbocycles. The molecule has 1 heteroatoms. The summed E-state index contributed by atoms with van der Waals surface area (Å²) in [6.45, 7) is 17.7. The van der Waals surface area contributed by atoms with Gasteiger partial charge in [-0.05, 0) is 52.8 Å². The molecule has 178 valence electrons. The molecule has 0 atom stereocenters. The number of fused-ring (bicyclic) bond motifs is 1. The third kappa shape index (κ3) is 12.5. The van der Waals surface area contributed by atoms with E-state index in [-0.39, 0.29) is 0 Å². The Morgan fingerprint density at radius 3 is 1.88 bits per heavy atom. The number of hydrogen-bond donors (Lipinski definition) is 0. The lowest BCUT2D eigenvalue weighted by Crippen LogP contribution is -1.96. The molecular weight excluding hydrogens is 388 g/mol. The Bertz CT molecular complexity index is 797. The Morgan fingerprint density at radius 2 is 1.31 bits per heavy atom. The van der Waals surface area contributed by atoms with Gasteiger partial charge in [-0.2, -0.15) is 0 Å². The Kier molecular flexibility index (Phi) is 18.0. The molecule has 0 amide bonds. The highest BCUT2D eigenvalue weighted by molar-refractivity contribution is 5.85. The Balaban J connectivity index is 0.000000822. The Morgan fingerprint density at radius 1 is 0.750 bits per heavy atom. The molecule has 0 radical (unpaired) electrons. The second-order valence-corrected chi connectivity index (χ2v) is 8.18. The predicted octanol–water partition coefficient (Wildman–Crippen LogP) is 10.3. The van der Waals surface area contributed by atoms with E-state index in [1.807, 2.05) is 13.8 Å². The first-order valence-corrected chi connectivity index (χ1v) is 12.7. The quantitative estimate of drug-likeness (QED) is 0.358. The molecule has 0 N–H and O–H groups in total. The largest absolute Gasteiger partial charge is 0.489 e. The lowest BCUT2D eigenvalue weighted by atomic mass is 10.1. The van der Waals surface area contributed by atoms with E-state index < -0.39 is 0 Å². The van der Waals surface area contributed by atoms with E-state index in [2.05, 4.69) is 108 Å². The summed E-state index contributed by atoms with van der Waals surface area (Å²) in [5, 5.41) is 2.53. The van der Waals surface area contributed by atoms with Crippen LogP contribution in [0.4, 0.5) is 0 Å². The Hall–Kier alpha value is -2.28. The van der Waals surface area contributed by atoms with Crippen molar-refractivity contribution in [1.82, 2.24) is 0 Å². The van der Waals surface area contributed by atoms with Crippen LogP contribution in [0.5, 0.6) is 5.75 Å². The van der Waals surface area contributed by atoms with Gasteiger partial charge in [0, 0.05) is 0 Å². The van der Waals surface area contributed by atoms with Gasteiger partial charge in [-0.3, -0.25) is 0 Å². The number of rotatable bonds is 7. The topological polar surface area (TPSA) is 9.23 Å². The van der Waals surface area contributed by atoms with Gasteiger partial charge in [0.05, 0.1) is 0 Å². The van der Waals surface area contributed by atoms with Gasteiger partial charge in [0.2, 0.25) is 0 Å².